The van der Waals surface area contributed by atoms with Crippen LogP contribution in [-0.2, 0) is 4.79 Å². The number of anilines is 1. The molecule has 104 valence electrons. The fourth-order valence-corrected chi connectivity index (χ4v) is 1.81. The molecule has 0 saturated heterocycles. The Bertz CT molecular complexity index is 579. The van der Waals surface area contributed by atoms with Gasteiger partial charge < -0.3 is 15.1 Å². The van der Waals surface area contributed by atoms with E-state index in [1.165, 1.54) is 6.26 Å². The standard InChI is InChI=1S/C14H13BrN2O3/c15-10-3-5-11(6-4-10)17-13(18)7-8-16-14(19)12-2-1-9-20-12/h1-6,9H,7-8H2,(H,16,19)(H,17,18). The molecule has 5 nitrogen and oxygen atoms in total. The van der Waals surface area contributed by atoms with Crippen molar-refractivity contribution in [2.24, 2.45) is 0 Å². The van der Waals surface area contributed by atoms with Gasteiger partial charge in [-0.25, -0.2) is 0 Å². The molecule has 0 spiro atoms. The number of hydrogen-bond acceptors (Lipinski definition) is 3. The summed E-state index contributed by atoms with van der Waals surface area (Å²) in [4.78, 5) is 23.2. The molecule has 2 amide bonds. The number of nitrogens with one attached hydrogen (secondary N) is 2. The average molecular weight is 337 g/mol. The molecule has 1 aromatic carbocycles. The highest BCUT2D eigenvalue weighted by Gasteiger charge is 2.08. The summed E-state index contributed by atoms with van der Waals surface area (Å²) in [6, 6.07) is 10.5. The Labute approximate surface area is 124 Å². The first-order chi connectivity index (χ1) is 9.65. The van der Waals surface area contributed by atoms with Gasteiger partial charge in [0.25, 0.3) is 5.91 Å². The highest BCUT2D eigenvalue weighted by atomic mass is 79.9. The molecule has 0 bridgehead atoms. The number of benzene rings is 1. The van der Waals surface area contributed by atoms with Crippen LogP contribution in [0.25, 0.3) is 0 Å². The molecule has 20 heavy (non-hydrogen) atoms. The van der Waals surface area contributed by atoms with Gasteiger partial charge in [-0.3, -0.25) is 9.59 Å². The van der Waals surface area contributed by atoms with E-state index >= 15 is 0 Å². The number of hydrogen-bond donors (Lipinski definition) is 2. The summed E-state index contributed by atoms with van der Waals surface area (Å²) in [5.41, 5.74) is 0.718. The lowest BCUT2D eigenvalue weighted by Crippen LogP contribution is -2.27. The normalized spacial score (nSPS) is 10.1. The van der Waals surface area contributed by atoms with Crippen LogP contribution in [-0.4, -0.2) is 18.4 Å². The first kappa shape index (κ1) is 14.3. The van der Waals surface area contributed by atoms with Crippen LogP contribution in [0.2, 0.25) is 0 Å². The molecular weight excluding hydrogens is 324 g/mol. The third kappa shape index (κ3) is 4.24. The molecule has 1 aromatic heterocycles. The van der Waals surface area contributed by atoms with Gasteiger partial charge >= 0.3 is 0 Å². The van der Waals surface area contributed by atoms with Gasteiger partial charge in [-0.1, -0.05) is 15.9 Å². The lowest BCUT2D eigenvalue weighted by Gasteiger charge is -2.06. The predicted octanol–water partition coefficient (Wildman–Crippen LogP) is 2.80. The first-order valence-electron chi connectivity index (χ1n) is 6.02. The molecule has 0 fully saturated rings. The molecule has 0 aliphatic heterocycles. The minimum atomic E-state index is -0.327. The van der Waals surface area contributed by atoms with Crippen molar-refractivity contribution in [3.8, 4) is 0 Å². The second-order valence-electron chi connectivity index (χ2n) is 4.04. The number of carbonyl (C=O) groups is 2. The van der Waals surface area contributed by atoms with Crippen LogP contribution in [0.1, 0.15) is 17.0 Å². The van der Waals surface area contributed by atoms with E-state index in [0.29, 0.717) is 0 Å². The molecule has 0 aliphatic carbocycles. The quantitative estimate of drug-likeness (QED) is 0.881. The SMILES string of the molecule is O=C(CCNC(=O)c1ccco1)Nc1ccc(Br)cc1. The third-order valence-electron chi connectivity index (χ3n) is 2.51. The molecule has 2 N–H and O–H groups in total. The molecule has 0 unspecified atom stereocenters. The van der Waals surface area contributed by atoms with E-state index < -0.39 is 0 Å². The summed E-state index contributed by atoms with van der Waals surface area (Å²) >= 11 is 3.32. The Morgan fingerprint density at radius 3 is 2.55 bits per heavy atom. The molecule has 0 saturated carbocycles. The maximum atomic E-state index is 11.7. The highest BCUT2D eigenvalue weighted by Crippen LogP contribution is 2.14. The number of halogens is 1. The molecule has 1 heterocycles. The van der Waals surface area contributed by atoms with E-state index in [9.17, 15) is 9.59 Å². The molecule has 0 aliphatic rings. The highest BCUT2D eigenvalue weighted by molar-refractivity contribution is 9.10. The topological polar surface area (TPSA) is 71.3 Å². The van der Waals surface area contributed by atoms with Crippen LogP contribution in [0.4, 0.5) is 5.69 Å². The maximum Gasteiger partial charge on any atom is 0.286 e. The van der Waals surface area contributed by atoms with Crippen LogP contribution in [0.3, 0.4) is 0 Å². The smallest absolute Gasteiger partial charge is 0.286 e. The van der Waals surface area contributed by atoms with Crippen LogP contribution in [0.5, 0.6) is 0 Å². The number of carbonyl (C=O) groups excluding carboxylic acids is 2. The largest absolute Gasteiger partial charge is 0.459 e. The lowest BCUT2D eigenvalue weighted by atomic mass is 10.3. The van der Waals surface area contributed by atoms with Crippen molar-refractivity contribution in [2.45, 2.75) is 6.42 Å². The van der Waals surface area contributed by atoms with Gasteiger partial charge in [0, 0.05) is 23.1 Å². The minimum Gasteiger partial charge on any atom is -0.459 e. The fourth-order valence-electron chi connectivity index (χ4n) is 1.54. The van der Waals surface area contributed by atoms with Gasteiger partial charge in [-0.15, -0.1) is 0 Å². The first-order valence-corrected chi connectivity index (χ1v) is 6.81. The van der Waals surface area contributed by atoms with Gasteiger partial charge in [-0.2, -0.15) is 0 Å². The Kier molecular flexibility index (Phi) is 4.95. The van der Waals surface area contributed by atoms with Crippen LogP contribution >= 0.6 is 15.9 Å². The summed E-state index contributed by atoms with van der Waals surface area (Å²) in [6.45, 7) is 0.252. The molecule has 6 heteroatoms. The van der Waals surface area contributed by atoms with Crippen LogP contribution < -0.4 is 10.6 Å². The second-order valence-corrected chi connectivity index (χ2v) is 4.95. The van der Waals surface area contributed by atoms with Crippen molar-refractivity contribution in [1.82, 2.24) is 5.32 Å². The van der Waals surface area contributed by atoms with Crippen molar-refractivity contribution in [2.75, 3.05) is 11.9 Å². The Hall–Kier alpha value is -2.08. The summed E-state index contributed by atoms with van der Waals surface area (Å²) in [5, 5.41) is 5.35. The van der Waals surface area contributed by atoms with Gasteiger partial charge in [0.05, 0.1) is 6.26 Å². The Balaban J connectivity index is 1.73. The number of furan rings is 1. The number of rotatable bonds is 5. The number of amides is 2. The zero-order valence-corrected chi connectivity index (χ0v) is 12.1. The minimum absolute atomic E-state index is 0.160. The van der Waals surface area contributed by atoms with E-state index in [1.807, 2.05) is 12.1 Å². The van der Waals surface area contributed by atoms with Crippen molar-refractivity contribution in [3.63, 3.8) is 0 Å². The lowest BCUT2D eigenvalue weighted by molar-refractivity contribution is -0.116. The summed E-state index contributed by atoms with van der Waals surface area (Å²) in [5.74, 6) is -0.253. The van der Waals surface area contributed by atoms with E-state index in [0.717, 1.165) is 10.2 Å². The van der Waals surface area contributed by atoms with Crippen LogP contribution in [0.15, 0.2) is 51.6 Å². The van der Waals surface area contributed by atoms with Gasteiger partial charge in [0.1, 0.15) is 0 Å². The summed E-state index contributed by atoms with van der Waals surface area (Å²) in [7, 11) is 0. The fraction of sp³-hybridized carbons (Fsp3) is 0.143. The Morgan fingerprint density at radius 1 is 1.15 bits per heavy atom. The van der Waals surface area contributed by atoms with Gasteiger partial charge in [0.15, 0.2) is 5.76 Å². The van der Waals surface area contributed by atoms with Crippen molar-refractivity contribution in [1.29, 1.82) is 0 Å². The summed E-state index contributed by atoms with van der Waals surface area (Å²) < 4.78 is 5.89. The monoisotopic (exact) mass is 336 g/mol. The van der Waals surface area contributed by atoms with Crippen molar-refractivity contribution in [3.05, 3.63) is 52.9 Å². The molecular formula is C14H13BrN2O3. The zero-order valence-electron chi connectivity index (χ0n) is 10.6. The average Bonchev–Trinajstić information content (AvgIpc) is 2.95. The van der Waals surface area contributed by atoms with E-state index in [4.69, 9.17) is 4.42 Å². The van der Waals surface area contributed by atoms with Crippen LogP contribution in [0, 0.1) is 0 Å². The Morgan fingerprint density at radius 2 is 1.90 bits per heavy atom. The van der Waals surface area contributed by atoms with Gasteiger partial charge in [-0.05, 0) is 36.4 Å². The van der Waals surface area contributed by atoms with Crippen molar-refractivity contribution < 1.29 is 14.0 Å². The van der Waals surface area contributed by atoms with E-state index in [2.05, 4.69) is 26.6 Å². The molecule has 0 radical (unpaired) electrons. The van der Waals surface area contributed by atoms with E-state index in [-0.39, 0.29) is 30.5 Å². The maximum absolute atomic E-state index is 11.7. The molecule has 2 rings (SSSR count). The van der Waals surface area contributed by atoms with Crippen molar-refractivity contribution >= 4 is 33.4 Å². The van der Waals surface area contributed by atoms with Gasteiger partial charge in [0.2, 0.25) is 5.91 Å². The molecule has 2 aromatic rings. The predicted molar refractivity (Wildman–Crippen MR) is 78.4 cm³/mol. The summed E-state index contributed by atoms with van der Waals surface area (Å²) in [6.07, 6.45) is 1.62. The zero-order chi connectivity index (χ0) is 14.4. The molecule has 0 atom stereocenters. The van der Waals surface area contributed by atoms with E-state index in [1.54, 1.807) is 24.3 Å². The second kappa shape index (κ2) is 6.91. The third-order valence-corrected chi connectivity index (χ3v) is 3.04.